The van der Waals surface area contributed by atoms with Crippen molar-refractivity contribution in [3.05, 3.63) is 23.5 Å². The first-order valence-corrected chi connectivity index (χ1v) is 7.36. The maximum absolute atomic E-state index is 12.6. The lowest BCUT2D eigenvalue weighted by Gasteiger charge is -2.30. The van der Waals surface area contributed by atoms with Crippen molar-refractivity contribution in [2.45, 2.75) is 25.9 Å². The molecular weight excluding hydrogens is 302 g/mol. The maximum Gasteiger partial charge on any atom is 0.334 e. The van der Waals surface area contributed by atoms with Crippen LogP contribution in [0.25, 0.3) is 11.1 Å². The van der Waals surface area contributed by atoms with Crippen LogP contribution in [0.4, 0.5) is 0 Å². The van der Waals surface area contributed by atoms with Crippen LogP contribution in [0.2, 0.25) is 0 Å². The summed E-state index contributed by atoms with van der Waals surface area (Å²) in [6.45, 7) is 4.52. The van der Waals surface area contributed by atoms with Crippen molar-refractivity contribution in [3.8, 4) is 0 Å². The number of rotatable bonds is 3. The Morgan fingerprint density at radius 2 is 2.22 bits per heavy atom. The average molecular weight is 319 g/mol. The van der Waals surface area contributed by atoms with E-state index in [9.17, 15) is 9.59 Å². The fraction of sp³-hybridized carbons (Fsp3) is 0.467. The SMILES string of the molecule is CC(C)c1noc2ncc(C(=O)N3CCO[C@@H](C(=O)O)C3)cc12. The zero-order chi connectivity index (χ0) is 16.6. The van der Waals surface area contributed by atoms with Crippen LogP contribution in [0, 0.1) is 0 Å². The van der Waals surface area contributed by atoms with Crippen LogP contribution in [0.15, 0.2) is 16.8 Å². The minimum Gasteiger partial charge on any atom is -0.479 e. The van der Waals surface area contributed by atoms with E-state index in [2.05, 4.69) is 10.1 Å². The standard InChI is InChI=1S/C15H17N3O5/c1-8(2)12-10-5-9(6-16-13(10)23-17-12)14(19)18-3-4-22-11(7-18)15(20)21/h5-6,8,11H,3-4,7H2,1-2H3,(H,20,21)/t11-/m1/s1. The summed E-state index contributed by atoms with van der Waals surface area (Å²) < 4.78 is 10.3. The summed E-state index contributed by atoms with van der Waals surface area (Å²) in [6.07, 6.45) is 0.428. The van der Waals surface area contributed by atoms with E-state index in [1.807, 2.05) is 13.8 Å². The van der Waals surface area contributed by atoms with Crippen molar-refractivity contribution in [2.75, 3.05) is 19.7 Å². The summed E-state index contributed by atoms with van der Waals surface area (Å²) in [5.41, 5.74) is 1.51. The Morgan fingerprint density at radius 3 is 2.91 bits per heavy atom. The molecule has 1 N–H and O–H groups in total. The lowest BCUT2D eigenvalue weighted by Crippen LogP contribution is -2.48. The second kappa shape index (κ2) is 5.96. The second-order valence-electron chi connectivity index (χ2n) is 5.75. The van der Waals surface area contributed by atoms with Crippen molar-refractivity contribution in [2.24, 2.45) is 0 Å². The molecule has 1 saturated heterocycles. The molecule has 8 heteroatoms. The summed E-state index contributed by atoms with van der Waals surface area (Å²) in [5, 5.41) is 13.7. The molecule has 0 aliphatic carbocycles. The van der Waals surface area contributed by atoms with Crippen LogP contribution in [0.3, 0.4) is 0 Å². The molecule has 0 radical (unpaired) electrons. The summed E-state index contributed by atoms with van der Waals surface area (Å²) in [7, 11) is 0. The molecule has 0 saturated carbocycles. The molecule has 2 aromatic heterocycles. The van der Waals surface area contributed by atoms with Crippen LogP contribution in [0.5, 0.6) is 0 Å². The van der Waals surface area contributed by atoms with E-state index in [0.717, 1.165) is 5.69 Å². The molecule has 1 atom stereocenters. The van der Waals surface area contributed by atoms with Gasteiger partial charge in [0.2, 0.25) is 0 Å². The van der Waals surface area contributed by atoms with Gasteiger partial charge in [0.1, 0.15) is 0 Å². The fourth-order valence-electron chi connectivity index (χ4n) is 2.55. The number of carboxylic acids is 1. The molecule has 23 heavy (non-hydrogen) atoms. The van der Waals surface area contributed by atoms with E-state index in [0.29, 0.717) is 23.2 Å². The number of fused-ring (bicyclic) bond motifs is 1. The van der Waals surface area contributed by atoms with E-state index in [-0.39, 0.29) is 25.0 Å². The lowest BCUT2D eigenvalue weighted by molar-refractivity contribution is -0.154. The number of ether oxygens (including phenoxy) is 1. The number of pyridine rings is 1. The number of aliphatic carboxylic acids is 1. The quantitative estimate of drug-likeness (QED) is 0.908. The first kappa shape index (κ1) is 15.4. The summed E-state index contributed by atoms with van der Waals surface area (Å²) >= 11 is 0. The maximum atomic E-state index is 12.6. The number of hydrogen-bond acceptors (Lipinski definition) is 6. The van der Waals surface area contributed by atoms with Crippen molar-refractivity contribution in [3.63, 3.8) is 0 Å². The highest BCUT2D eigenvalue weighted by Gasteiger charge is 2.30. The molecule has 2 aromatic rings. The lowest BCUT2D eigenvalue weighted by atomic mass is 10.1. The number of carbonyl (C=O) groups is 2. The molecule has 0 spiro atoms. The minimum atomic E-state index is -1.07. The van der Waals surface area contributed by atoms with Crippen molar-refractivity contribution in [1.29, 1.82) is 0 Å². The van der Waals surface area contributed by atoms with E-state index >= 15 is 0 Å². The van der Waals surface area contributed by atoms with Gasteiger partial charge in [-0.15, -0.1) is 0 Å². The molecule has 0 bridgehead atoms. The first-order valence-electron chi connectivity index (χ1n) is 7.36. The zero-order valence-electron chi connectivity index (χ0n) is 12.9. The Morgan fingerprint density at radius 1 is 1.43 bits per heavy atom. The summed E-state index contributed by atoms with van der Waals surface area (Å²) in [4.78, 5) is 29.2. The van der Waals surface area contributed by atoms with E-state index in [1.54, 1.807) is 6.07 Å². The monoisotopic (exact) mass is 319 g/mol. The summed E-state index contributed by atoms with van der Waals surface area (Å²) in [6, 6.07) is 1.70. The van der Waals surface area contributed by atoms with Gasteiger partial charge in [-0.25, -0.2) is 9.78 Å². The van der Waals surface area contributed by atoms with Gasteiger partial charge in [-0.3, -0.25) is 4.79 Å². The predicted octanol–water partition coefficient (Wildman–Crippen LogP) is 1.27. The number of morpholine rings is 1. The van der Waals surface area contributed by atoms with E-state index < -0.39 is 12.1 Å². The van der Waals surface area contributed by atoms with Crippen molar-refractivity contribution in [1.82, 2.24) is 15.0 Å². The first-order chi connectivity index (χ1) is 11.0. The van der Waals surface area contributed by atoms with Gasteiger partial charge in [0.15, 0.2) is 6.10 Å². The van der Waals surface area contributed by atoms with Gasteiger partial charge in [0.05, 0.1) is 29.8 Å². The molecule has 1 amide bonds. The molecule has 1 aliphatic rings. The zero-order valence-corrected chi connectivity index (χ0v) is 12.9. The van der Waals surface area contributed by atoms with Gasteiger partial charge in [-0.2, -0.15) is 0 Å². The number of aromatic nitrogens is 2. The number of carbonyl (C=O) groups excluding carboxylic acids is 1. The number of hydrogen-bond donors (Lipinski definition) is 1. The molecule has 3 heterocycles. The van der Waals surface area contributed by atoms with Gasteiger partial charge in [0, 0.05) is 12.7 Å². The Kier molecular flexibility index (Phi) is 3.99. The van der Waals surface area contributed by atoms with Crippen molar-refractivity contribution >= 4 is 23.0 Å². The molecule has 3 rings (SSSR count). The smallest absolute Gasteiger partial charge is 0.334 e. The molecule has 0 unspecified atom stereocenters. The fourth-order valence-corrected chi connectivity index (χ4v) is 2.55. The minimum absolute atomic E-state index is 0.0207. The van der Waals surface area contributed by atoms with Crippen LogP contribution in [-0.2, 0) is 9.53 Å². The molecule has 1 aliphatic heterocycles. The number of carboxylic acid groups (broad SMARTS) is 1. The molecule has 1 fully saturated rings. The van der Waals surface area contributed by atoms with Crippen molar-refractivity contribution < 1.29 is 24.0 Å². The molecule has 8 nitrogen and oxygen atoms in total. The third-order valence-corrected chi connectivity index (χ3v) is 3.78. The normalized spacial score (nSPS) is 18.6. The van der Waals surface area contributed by atoms with E-state index in [1.165, 1.54) is 11.1 Å². The van der Waals surface area contributed by atoms with Crippen LogP contribution in [0.1, 0.15) is 35.8 Å². The number of amides is 1. The molecule has 0 aromatic carbocycles. The Hall–Kier alpha value is -2.48. The third-order valence-electron chi connectivity index (χ3n) is 3.78. The van der Waals surface area contributed by atoms with Crippen LogP contribution in [-0.4, -0.2) is 57.8 Å². The molecule has 122 valence electrons. The van der Waals surface area contributed by atoms with Gasteiger partial charge in [-0.1, -0.05) is 19.0 Å². The topological polar surface area (TPSA) is 106 Å². The van der Waals surface area contributed by atoms with Gasteiger partial charge < -0.3 is 19.3 Å². The van der Waals surface area contributed by atoms with Crippen LogP contribution >= 0.6 is 0 Å². The van der Waals surface area contributed by atoms with E-state index in [4.69, 9.17) is 14.4 Å². The largest absolute Gasteiger partial charge is 0.479 e. The highest BCUT2D eigenvalue weighted by atomic mass is 16.5. The Bertz CT molecular complexity index is 755. The third kappa shape index (κ3) is 2.89. The Labute approximate surface area is 132 Å². The van der Waals surface area contributed by atoms with Gasteiger partial charge in [0.25, 0.3) is 11.6 Å². The highest BCUT2D eigenvalue weighted by molar-refractivity contribution is 5.97. The molecular formula is C15H17N3O5. The summed E-state index contributed by atoms with van der Waals surface area (Å²) in [5.74, 6) is -1.20. The van der Waals surface area contributed by atoms with Gasteiger partial charge >= 0.3 is 5.97 Å². The second-order valence-corrected chi connectivity index (χ2v) is 5.75. The number of nitrogens with zero attached hydrogens (tertiary/aromatic N) is 3. The van der Waals surface area contributed by atoms with Crippen LogP contribution < -0.4 is 0 Å². The highest BCUT2D eigenvalue weighted by Crippen LogP contribution is 2.24. The van der Waals surface area contributed by atoms with Gasteiger partial charge in [-0.05, 0) is 12.0 Å². The average Bonchev–Trinajstić information content (AvgIpc) is 2.97. The predicted molar refractivity (Wildman–Crippen MR) is 79.2 cm³/mol. The Balaban J connectivity index is 1.88.